The van der Waals surface area contributed by atoms with Crippen molar-refractivity contribution in [2.24, 2.45) is 5.92 Å². The van der Waals surface area contributed by atoms with Crippen molar-refractivity contribution < 1.29 is 9.15 Å². The lowest BCUT2D eigenvalue weighted by Gasteiger charge is -2.04. The molecule has 3 nitrogen and oxygen atoms in total. The van der Waals surface area contributed by atoms with E-state index in [9.17, 15) is 0 Å². The first-order valence-electron chi connectivity index (χ1n) is 7.22. The number of rotatable bonds is 8. The highest BCUT2D eigenvalue weighted by Crippen LogP contribution is 2.13. The van der Waals surface area contributed by atoms with Crippen molar-refractivity contribution in [2.75, 3.05) is 6.54 Å². The van der Waals surface area contributed by atoms with Gasteiger partial charge < -0.3 is 14.5 Å². The van der Waals surface area contributed by atoms with Crippen LogP contribution >= 0.6 is 11.6 Å². The highest BCUT2D eigenvalue weighted by molar-refractivity contribution is 6.30. The van der Waals surface area contributed by atoms with Crippen molar-refractivity contribution >= 4 is 11.6 Å². The third-order valence-electron chi connectivity index (χ3n) is 2.99. The van der Waals surface area contributed by atoms with E-state index >= 15 is 0 Å². The van der Waals surface area contributed by atoms with E-state index in [0.717, 1.165) is 35.0 Å². The SMILES string of the molecule is CC(C)CNCc1coc(COCc2cccc(Cl)c2)c1. The molecule has 2 aromatic rings. The molecule has 0 saturated carbocycles. The van der Waals surface area contributed by atoms with Gasteiger partial charge in [-0.15, -0.1) is 0 Å². The summed E-state index contributed by atoms with van der Waals surface area (Å²) >= 11 is 5.93. The van der Waals surface area contributed by atoms with Crippen molar-refractivity contribution in [2.45, 2.75) is 33.6 Å². The van der Waals surface area contributed by atoms with Crippen LogP contribution in [0.4, 0.5) is 0 Å². The molecule has 0 radical (unpaired) electrons. The fraction of sp³-hybridized carbons (Fsp3) is 0.412. The summed E-state index contributed by atoms with van der Waals surface area (Å²) in [7, 11) is 0. The van der Waals surface area contributed by atoms with E-state index in [0.29, 0.717) is 19.1 Å². The smallest absolute Gasteiger partial charge is 0.129 e. The Morgan fingerprint density at radius 1 is 1.19 bits per heavy atom. The Labute approximate surface area is 131 Å². The van der Waals surface area contributed by atoms with E-state index in [1.54, 1.807) is 6.26 Å². The van der Waals surface area contributed by atoms with Gasteiger partial charge in [-0.05, 0) is 36.2 Å². The number of benzene rings is 1. The van der Waals surface area contributed by atoms with Gasteiger partial charge in [-0.3, -0.25) is 0 Å². The molecule has 0 unspecified atom stereocenters. The van der Waals surface area contributed by atoms with Crippen LogP contribution in [0, 0.1) is 5.92 Å². The van der Waals surface area contributed by atoms with E-state index in [1.165, 1.54) is 0 Å². The molecule has 21 heavy (non-hydrogen) atoms. The molecule has 1 N–H and O–H groups in total. The minimum Gasteiger partial charge on any atom is -0.467 e. The van der Waals surface area contributed by atoms with Crippen LogP contribution < -0.4 is 5.32 Å². The first-order chi connectivity index (χ1) is 10.1. The van der Waals surface area contributed by atoms with Crippen molar-refractivity contribution in [1.29, 1.82) is 0 Å². The molecule has 114 valence electrons. The molecule has 2 rings (SSSR count). The van der Waals surface area contributed by atoms with Gasteiger partial charge in [-0.2, -0.15) is 0 Å². The van der Waals surface area contributed by atoms with Gasteiger partial charge in [0.05, 0.1) is 12.9 Å². The predicted molar refractivity (Wildman–Crippen MR) is 85.2 cm³/mol. The van der Waals surface area contributed by atoms with Gasteiger partial charge in [-0.25, -0.2) is 0 Å². The molecular weight excluding hydrogens is 286 g/mol. The molecular formula is C17H22ClNO2. The van der Waals surface area contributed by atoms with Crippen LogP contribution in [0.15, 0.2) is 41.0 Å². The van der Waals surface area contributed by atoms with Gasteiger partial charge in [0.1, 0.15) is 12.4 Å². The third-order valence-corrected chi connectivity index (χ3v) is 3.23. The Hall–Kier alpha value is -1.29. The Kier molecular flexibility index (Phi) is 6.30. The van der Waals surface area contributed by atoms with Crippen molar-refractivity contribution in [3.05, 3.63) is 58.5 Å². The lowest BCUT2D eigenvalue weighted by atomic mass is 10.2. The van der Waals surface area contributed by atoms with Crippen LogP contribution in [0.2, 0.25) is 5.02 Å². The summed E-state index contributed by atoms with van der Waals surface area (Å²) in [6.45, 7) is 7.22. The van der Waals surface area contributed by atoms with Crippen LogP contribution in [0.5, 0.6) is 0 Å². The molecule has 0 aliphatic heterocycles. The fourth-order valence-corrected chi connectivity index (χ4v) is 2.21. The van der Waals surface area contributed by atoms with Crippen LogP contribution in [0.25, 0.3) is 0 Å². The minimum atomic E-state index is 0.469. The second-order valence-electron chi connectivity index (χ2n) is 5.57. The van der Waals surface area contributed by atoms with Crippen LogP contribution in [0.1, 0.15) is 30.7 Å². The molecule has 0 aliphatic carbocycles. The third kappa shape index (κ3) is 5.92. The number of nitrogens with one attached hydrogen (secondary N) is 1. The zero-order chi connectivity index (χ0) is 15.1. The average molecular weight is 308 g/mol. The number of halogens is 1. The summed E-state index contributed by atoms with van der Waals surface area (Å²) in [6, 6.07) is 9.71. The Bertz CT molecular complexity index is 551. The molecule has 1 heterocycles. The van der Waals surface area contributed by atoms with Gasteiger partial charge in [0.2, 0.25) is 0 Å². The van der Waals surface area contributed by atoms with E-state index in [1.807, 2.05) is 30.3 Å². The molecule has 0 fully saturated rings. The van der Waals surface area contributed by atoms with Gasteiger partial charge >= 0.3 is 0 Å². The van der Waals surface area contributed by atoms with E-state index < -0.39 is 0 Å². The van der Waals surface area contributed by atoms with Crippen LogP contribution in [-0.4, -0.2) is 6.54 Å². The Morgan fingerprint density at radius 2 is 2.05 bits per heavy atom. The second kappa shape index (κ2) is 8.23. The zero-order valence-corrected chi connectivity index (χ0v) is 13.3. The van der Waals surface area contributed by atoms with E-state index in [2.05, 4.69) is 19.2 Å². The van der Waals surface area contributed by atoms with Crippen molar-refractivity contribution in [3.8, 4) is 0 Å². The second-order valence-corrected chi connectivity index (χ2v) is 6.01. The highest BCUT2D eigenvalue weighted by Gasteiger charge is 2.03. The van der Waals surface area contributed by atoms with Gasteiger partial charge in [-0.1, -0.05) is 37.6 Å². The lowest BCUT2D eigenvalue weighted by Crippen LogP contribution is -2.18. The summed E-state index contributed by atoms with van der Waals surface area (Å²) in [5, 5.41) is 4.12. The Balaban J connectivity index is 1.72. The molecule has 0 amide bonds. The van der Waals surface area contributed by atoms with Gasteiger partial charge in [0.25, 0.3) is 0 Å². The number of ether oxygens (including phenoxy) is 1. The maximum atomic E-state index is 5.93. The monoisotopic (exact) mass is 307 g/mol. The van der Waals surface area contributed by atoms with Crippen LogP contribution in [0.3, 0.4) is 0 Å². The zero-order valence-electron chi connectivity index (χ0n) is 12.6. The quantitative estimate of drug-likeness (QED) is 0.785. The van der Waals surface area contributed by atoms with Crippen molar-refractivity contribution in [1.82, 2.24) is 5.32 Å². The molecule has 0 saturated heterocycles. The number of hydrogen-bond acceptors (Lipinski definition) is 3. The first kappa shape index (κ1) is 16.1. The molecule has 1 aromatic carbocycles. The summed E-state index contributed by atoms with van der Waals surface area (Å²) < 4.78 is 11.1. The van der Waals surface area contributed by atoms with Crippen LogP contribution in [-0.2, 0) is 24.5 Å². The number of furan rings is 1. The summed E-state index contributed by atoms with van der Waals surface area (Å²) in [4.78, 5) is 0. The first-order valence-corrected chi connectivity index (χ1v) is 7.60. The maximum Gasteiger partial charge on any atom is 0.129 e. The topological polar surface area (TPSA) is 34.4 Å². The Morgan fingerprint density at radius 3 is 2.81 bits per heavy atom. The highest BCUT2D eigenvalue weighted by atomic mass is 35.5. The molecule has 1 aromatic heterocycles. The van der Waals surface area contributed by atoms with Gasteiger partial charge in [0.15, 0.2) is 0 Å². The van der Waals surface area contributed by atoms with E-state index in [-0.39, 0.29) is 0 Å². The maximum absolute atomic E-state index is 5.93. The van der Waals surface area contributed by atoms with Gasteiger partial charge in [0, 0.05) is 17.1 Å². The summed E-state index contributed by atoms with van der Waals surface area (Å²) in [5.41, 5.74) is 2.21. The largest absolute Gasteiger partial charge is 0.467 e. The normalized spacial score (nSPS) is 11.2. The molecule has 0 atom stereocenters. The minimum absolute atomic E-state index is 0.469. The molecule has 0 aliphatic rings. The predicted octanol–water partition coefficient (Wildman–Crippen LogP) is 4.40. The standard InChI is InChI=1S/C17H22ClNO2/c1-13(2)8-19-9-15-7-17(21-11-15)12-20-10-14-4-3-5-16(18)6-14/h3-7,11,13,19H,8-10,12H2,1-2H3. The summed E-state index contributed by atoms with van der Waals surface area (Å²) in [6.07, 6.45) is 1.78. The number of hydrogen-bond donors (Lipinski definition) is 1. The summed E-state index contributed by atoms with van der Waals surface area (Å²) in [5.74, 6) is 1.50. The van der Waals surface area contributed by atoms with Crippen molar-refractivity contribution in [3.63, 3.8) is 0 Å². The molecule has 0 spiro atoms. The molecule has 0 bridgehead atoms. The fourth-order valence-electron chi connectivity index (χ4n) is 2.00. The average Bonchev–Trinajstić information content (AvgIpc) is 2.86. The lowest BCUT2D eigenvalue weighted by molar-refractivity contribution is 0.0929. The molecule has 4 heteroatoms. The van der Waals surface area contributed by atoms with E-state index in [4.69, 9.17) is 20.8 Å².